The van der Waals surface area contributed by atoms with Crippen LogP contribution >= 0.6 is 27.3 Å². The molecule has 0 saturated heterocycles. The summed E-state index contributed by atoms with van der Waals surface area (Å²) in [5.74, 6) is -0.137. The Labute approximate surface area is 129 Å². The normalized spacial score (nSPS) is 12.1. The molecule has 0 radical (unpaired) electrons. The van der Waals surface area contributed by atoms with Gasteiger partial charge in [0.2, 0.25) is 0 Å². The molecule has 0 saturated carbocycles. The molecule has 1 heterocycles. The number of nitriles is 1. The van der Waals surface area contributed by atoms with Gasteiger partial charge in [-0.2, -0.15) is 5.26 Å². The number of nitrogen functional groups attached to an aromatic ring is 1. The first-order valence-electron chi connectivity index (χ1n) is 6.07. The number of thiophene rings is 1. The second-order valence-electron chi connectivity index (χ2n) is 4.61. The van der Waals surface area contributed by atoms with Crippen molar-refractivity contribution < 1.29 is 4.79 Å². The number of fused-ring (bicyclic) bond motifs is 1. The van der Waals surface area contributed by atoms with Gasteiger partial charge < -0.3 is 10.6 Å². The fourth-order valence-corrected chi connectivity index (χ4v) is 3.54. The molecule has 1 atom stereocenters. The molecule has 0 aliphatic rings. The van der Waals surface area contributed by atoms with E-state index in [1.165, 1.54) is 11.3 Å². The highest BCUT2D eigenvalue weighted by atomic mass is 79.9. The molecule has 1 unspecified atom stereocenters. The fourth-order valence-electron chi connectivity index (χ4n) is 1.88. The van der Waals surface area contributed by atoms with Gasteiger partial charge in [0.05, 0.1) is 18.2 Å². The summed E-state index contributed by atoms with van der Waals surface area (Å²) >= 11 is 4.79. The van der Waals surface area contributed by atoms with E-state index in [0.29, 0.717) is 17.0 Å². The minimum atomic E-state index is -0.137. The van der Waals surface area contributed by atoms with Gasteiger partial charge in [-0.25, -0.2) is 0 Å². The molecular formula is C14H14BrN3OS. The third-order valence-electron chi connectivity index (χ3n) is 3.25. The molecule has 2 aromatic rings. The van der Waals surface area contributed by atoms with Gasteiger partial charge in [-0.3, -0.25) is 4.79 Å². The lowest BCUT2D eigenvalue weighted by Gasteiger charge is -2.22. The van der Waals surface area contributed by atoms with Gasteiger partial charge >= 0.3 is 0 Å². The van der Waals surface area contributed by atoms with Crippen LogP contribution in [0.4, 0.5) is 5.69 Å². The highest BCUT2D eigenvalue weighted by molar-refractivity contribution is 9.10. The van der Waals surface area contributed by atoms with Crippen molar-refractivity contribution in [3.8, 4) is 6.07 Å². The average Bonchev–Trinajstić information content (AvgIpc) is 2.74. The van der Waals surface area contributed by atoms with Crippen LogP contribution in [0.5, 0.6) is 0 Å². The van der Waals surface area contributed by atoms with E-state index in [-0.39, 0.29) is 11.9 Å². The highest BCUT2D eigenvalue weighted by Crippen LogP contribution is 2.36. The third kappa shape index (κ3) is 2.65. The zero-order valence-corrected chi connectivity index (χ0v) is 13.6. The van der Waals surface area contributed by atoms with E-state index in [2.05, 4.69) is 22.0 Å². The number of carbonyl (C=O) groups is 1. The minimum Gasteiger partial charge on any atom is -0.397 e. The van der Waals surface area contributed by atoms with Crippen molar-refractivity contribution in [3.05, 3.63) is 27.5 Å². The Kier molecular flexibility index (Phi) is 4.31. The lowest BCUT2D eigenvalue weighted by molar-refractivity contribution is 0.0752. The van der Waals surface area contributed by atoms with E-state index >= 15 is 0 Å². The number of nitrogens with zero attached hydrogens (tertiary/aromatic N) is 2. The van der Waals surface area contributed by atoms with E-state index < -0.39 is 0 Å². The number of hydrogen-bond acceptors (Lipinski definition) is 4. The second kappa shape index (κ2) is 5.81. The van der Waals surface area contributed by atoms with Crippen molar-refractivity contribution in [1.29, 1.82) is 5.26 Å². The van der Waals surface area contributed by atoms with Crippen LogP contribution in [0.1, 0.15) is 23.0 Å². The van der Waals surface area contributed by atoms with Crippen LogP contribution < -0.4 is 5.73 Å². The molecular weight excluding hydrogens is 338 g/mol. The molecule has 2 N–H and O–H groups in total. The summed E-state index contributed by atoms with van der Waals surface area (Å²) in [4.78, 5) is 14.6. The predicted molar refractivity (Wildman–Crippen MR) is 85.7 cm³/mol. The minimum absolute atomic E-state index is 0.135. The van der Waals surface area contributed by atoms with Crippen LogP contribution in [-0.4, -0.2) is 23.9 Å². The molecule has 4 nitrogen and oxygen atoms in total. The predicted octanol–water partition coefficient (Wildman–Crippen LogP) is 3.62. The first-order chi connectivity index (χ1) is 9.45. The SMILES string of the molecule is CC(CC#N)N(C)C(=O)c1sc2cc(Br)ccc2c1N. The molecule has 20 heavy (non-hydrogen) atoms. The monoisotopic (exact) mass is 351 g/mol. The number of hydrogen-bond donors (Lipinski definition) is 1. The topological polar surface area (TPSA) is 70.1 Å². The molecule has 1 amide bonds. The van der Waals surface area contributed by atoms with Gasteiger partial charge in [-0.15, -0.1) is 11.3 Å². The molecule has 2 rings (SSSR count). The molecule has 0 aliphatic carbocycles. The van der Waals surface area contributed by atoms with Gasteiger partial charge in [0, 0.05) is 27.6 Å². The van der Waals surface area contributed by atoms with Gasteiger partial charge in [-0.05, 0) is 19.1 Å². The third-order valence-corrected chi connectivity index (χ3v) is 4.90. The van der Waals surface area contributed by atoms with E-state index in [1.807, 2.05) is 25.1 Å². The zero-order chi connectivity index (χ0) is 14.9. The molecule has 6 heteroatoms. The summed E-state index contributed by atoms with van der Waals surface area (Å²) in [6, 6.07) is 7.70. The van der Waals surface area contributed by atoms with Gasteiger partial charge in [0.15, 0.2) is 0 Å². The summed E-state index contributed by atoms with van der Waals surface area (Å²) in [7, 11) is 1.70. The lowest BCUT2D eigenvalue weighted by Crippen LogP contribution is -2.34. The van der Waals surface area contributed by atoms with E-state index in [1.54, 1.807) is 11.9 Å². The number of carbonyl (C=O) groups excluding carboxylic acids is 1. The Morgan fingerprint density at radius 3 is 2.95 bits per heavy atom. The number of amides is 1. The second-order valence-corrected chi connectivity index (χ2v) is 6.58. The molecule has 1 aromatic heterocycles. The fraction of sp³-hybridized carbons (Fsp3) is 0.286. The van der Waals surface area contributed by atoms with E-state index in [9.17, 15) is 4.79 Å². The highest BCUT2D eigenvalue weighted by Gasteiger charge is 2.22. The molecule has 0 aliphatic heterocycles. The van der Waals surface area contributed by atoms with Crippen LogP contribution in [0.3, 0.4) is 0 Å². The Morgan fingerprint density at radius 1 is 1.60 bits per heavy atom. The Hall–Kier alpha value is -1.58. The standard InChI is InChI=1S/C14H14BrN3OS/c1-8(5-6-16)18(2)14(19)13-12(17)10-4-3-9(15)7-11(10)20-13/h3-4,7-8H,5,17H2,1-2H3. The molecule has 0 fully saturated rings. The maximum atomic E-state index is 12.5. The van der Waals surface area contributed by atoms with Gasteiger partial charge in [0.25, 0.3) is 5.91 Å². The van der Waals surface area contributed by atoms with Crippen molar-refractivity contribution in [1.82, 2.24) is 4.90 Å². The molecule has 0 spiro atoms. The van der Waals surface area contributed by atoms with Crippen LogP contribution in [0.25, 0.3) is 10.1 Å². The first kappa shape index (κ1) is 14.8. The maximum absolute atomic E-state index is 12.5. The van der Waals surface area contributed by atoms with E-state index in [0.717, 1.165) is 14.6 Å². The van der Waals surface area contributed by atoms with Crippen LogP contribution in [0.15, 0.2) is 22.7 Å². The van der Waals surface area contributed by atoms with Crippen molar-refractivity contribution in [3.63, 3.8) is 0 Å². The number of benzene rings is 1. The molecule has 1 aromatic carbocycles. The number of anilines is 1. The lowest BCUT2D eigenvalue weighted by atomic mass is 10.2. The largest absolute Gasteiger partial charge is 0.397 e. The number of rotatable bonds is 3. The van der Waals surface area contributed by atoms with Crippen molar-refractivity contribution >= 4 is 48.9 Å². The first-order valence-corrected chi connectivity index (χ1v) is 7.68. The zero-order valence-electron chi connectivity index (χ0n) is 11.2. The summed E-state index contributed by atoms with van der Waals surface area (Å²) in [5.41, 5.74) is 6.60. The van der Waals surface area contributed by atoms with Gasteiger partial charge in [-0.1, -0.05) is 22.0 Å². The van der Waals surface area contributed by atoms with Crippen LogP contribution in [0, 0.1) is 11.3 Å². The Balaban J connectivity index is 2.40. The summed E-state index contributed by atoms with van der Waals surface area (Å²) < 4.78 is 1.93. The van der Waals surface area contributed by atoms with Crippen LogP contribution in [-0.2, 0) is 0 Å². The summed E-state index contributed by atoms with van der Waals surface area (Å²) in [6.07, 6.45) is 0.304. The Morgan fingerprint density at radius 2 is 2.30 bits per heavy atom. The van der Waals surface area contributed by atoms with E-state index in [4.69, 9.17) is 11.0 Å². The van der Waals surface area contributed by atoms with Crippen molar-refractivity contribution in [2.75, 3.05) is 12.8 Å². The number of nitrogens with two attached hydrogens (primary N) is 1. The van der Waals surface area contributed by atoms with Gasteiger partial charge in [0.1, 0.15) is 4.88 Å². The van der Waals surface area contributed by atoms with Crippen molar-refractivity contribution in [2.24, 2.45) is 0 Å². The average molecular weight is 352 g/mol. The van der Waals surface area contributed by atoms with Crippen LogP contribution in [0.2, 0.25) is 0 Å². The molecule has 0 bridgehead atoms. The number of halogens is 1. The Bertz CT molecular complexity index is 704. The smallest absolute Gasteiger partial charge is 0.266 e. The maximum Gasteiger partial charge on any atom is 0.266 e. The molecule has 104 valence electrons. The summed E-state index contributed by atoms with van der Waals surface area (Å²) in [6.45, 7) is 1.85. The quantitative estimate of drug-likeness (QED) is 0.917. The summed E-state index contributed by atoms with van der Waals surface area (Å²) in [5, 5.41) is 9.61. The van der Waals surface area contributed by atoms with Crippen molar-refractivity contribution in [2.45, 2.75) is 19.4 Å².